The summed E-state index contributed by atoms with van der Waals surface area (Å²) in [5.74, 6) is 0.902. The molecule has 0 radical (unpaired) electrons. The first-order valence-corrected chi connectivity index (χ1v) is 10.7. The first-order chi connectivity index (χ1) is 13.7. The van der Waals surface area contributed by atoms with Crippen LogP contribution in [-0.4, -0.2) is 43.7 Å². The second kappa shape index (κ2) is 8.80. The van der Waals surface area contributed by atoms with Gasteiger partial charge in [0, 0.05) is 62.4 Å². The second-order valence-electron chi connectivity index (χ2n) is 7.93. The normalized spacial score (nSPS) is 20.3. The fourth-order valence-electron chi connectivity index (χ4n) is 4.64. The Morgan fingerprint density at radius 2 is 1.79 bits per heavy atom. The summed E-state index contributed by atoms with van der Waals surface area (Å²) in [4.78, 5) is 11.9. The lowest BCUT2D eigenvalue weighted by Gasteiger charge is -2.41. The van der Waals surface area contributed by atoms with E-state index in [0.29, 0.717) is 6.04 Å². The highest BCUT2D eigenvalue weighted by Gasteiger charge is 2.26. The van der Waals surface area contributed by atoms with Crippen LogP contribution in [0.4, 0.5) is 21.6 Å². The van der Waals surface area contributed by atoms with Crippen LogP contribution in [0, 0.1) is 5.82 Å². The smallest absolute Gasteiger partial charge is 0.130 e. The number of anilines is 3. The lowest BCUT2D eigenvalue weighted by atomic mass is 10.0. The van der Waals surface area contributed by atoms with Gasteiger partial charge in [-0.2, -0.15) is 0 Å². The molecule has 1 atom stereocenters. The van der Waals surface area contributed by atoms with Crippen LogP contribution in [0.3, 0.4) is 0 Å². The SMILES string of the molecule is CCN(c1cc(N2CCCCC2)ccn1)C1CCCN(c2cccc(F)c2)C1. The summed E-state index contributed by atoms with van der Waals surface area (Å²) in [6.45, 7) is 7.32. The molecule has 4 nitrogen and oxygen atoms in total. The molecule has 1 aromatic carbocycles. The van der Waals surface area contributed by atoms with Gasteiger partial charge < -0.3 is 14.7 Å². The Morgan fingerprint density at radius 1 is 1.00 bits per heavy atom. The molecule has 0 saturated carbocycles. The molecule has 3 heterocycles. The van der Waals surface area contributed by atoms with Crippen molar-refractivity contribution in [1.29, 1.82) is 0 Å². The molecule has 5 heteroatoms. The van der Waals surface area contributed by atoms with E-state index < -0.39 is 0 Å². The van der Waals surface area contributed by atoms with Crippen molar-refractivity contribution < 1.29 is 4.39 Å². The van der Waals surface area contributed by atoms with Gasteiger partial charge in [-0.3, -0.25) is 0 Å². The van der Waals surface area contributed by atoms with Crippen molar-refractivity contribution in [2.75, 3.05) is 47.4 Å². The molecule has 0 bridgehead atoms. The van der Waals surface area contributed by atoms with Crippen LogP contribution in [0.2, 0.25) is 0 Å². The van der Waals surface area contributed by atoms with E-state index in [9.17, 15) is 4.39 Å². The predicted octanol–water partition coefficient (Wildman–Crippen LogP) is 4.71. The number of likely N-dealkylation sites (N-methyl/N-ethyl adjacent to an activating group) is 1. The zero-order valence-electron chi connectivity index (χ0n) is 16.9. The Bertz CT molecular complexity index is 775. The first kappa shape index (κ1) is 19.0. The summed E-state index contributed by atoms with van der Waals surface area (Å²) in [6.07, 6.45) is 8.11. The Labute approximate surface area is 168 Å². The predicted molar refractivity (Wildman–Crippen MR) is 115 cm³/mol. The summed E-state index contributed by atoms with van der Waals surface area (Å²) < 4.78 is 13.7. The second-order valence-corrected chi connectivity index (χ2v) is 7.93. The zero-order chi connectivity index (χ0) is 19.3. The van der Waals surface area contributed by atoms with Crippen molar-refractivity contribution in [1.82, 2.24) is 4.98 Å². The van der Waals surface area contributed by atoms with Gasteiger partial charge in [-0.05, 0) is 63.3 Å². The molecule has 0 amide bonds. The number of halogens is 1. The van der Waals surface area contributed by atoms with Crippen molar-refractivity contribution in [2.45, 2.75) is 45.1 Å². The van der Waals surface area contributed by atoms with Gasteiger partial charge in [0.1, 0.15) is 11.6 Å². The fourth-order valence-corrected chi connectivity index (χ4v) is 4.64. The van der Waals surface area contributed by atoms with Gasteiger partial charge in [-0.1, -0.05) is 6.07 Å². The van der Waals surface area contributed by atoms with E-state index in [4.69, 9.17) is 4.98 Å². The highest BCUT2D eigenvalue weighted by atomic mass is 19.1. The van der Waals surface area contributed by atoms with Crippen LogP contribution in [0.25, 0.3) is 0 Å². The molecule has 2 fully saturated rings. The molecule has 2 aliphatic heterocycles. The van der Waals surface area contributed by atoms with Crippen LogP contribution in [0.5, 0.6) is 0 Å². The Kier molecular flexibility index (Phi) is 5.98. The lowest BCUT2D eigenvalue weighted by Crippen LogP contribution is -2.48. The minimum atomic E-state index is -0.164. The number of nitrogens with zero attached hydrogens (tertiary/aromatic N) is 4. The topological polar surface area (TPSA) is 22.6 Å². The third kappa shape index (κ3) is 4.23. The van der Waals surface area contributed by atoms with Crippen LogP contribution in [-0.2, 0) is 0 Å². The van der Waals surface area contributed by atoms with Crippen LogP contribution < -0.4 is 14.7 Å². The molecule has 1 unspecified atom stereocenters. The molecular weight excluding hydrogens is 351 g/mol. The van der Waals surface area contributed by atoms with Crippen LogP contribution in [0.15, 0.2) is 42.6 Å². The number of rotatable bonds is 5. The lowest BCUT2D eigenvalue weighted by molar-refractivity contribution is 0.472. The Morgan fingerprint density at radius 3 is 2.57 bits per heavy atom. The molecule has 28 heavy (non-hydrogen) atoms. The van der Waals surface area contributed by atoms with Crippen molar-refractivity contribution in [3.8, 4) is 0 Å². The number of piperidine rings is 2. The molecule has 0 N–H and O–H groups in total. The molecular formula is C23H31FN4. The Hall–Kier alpha value is -2.30. The van der Waals surface area contributed by atoms with Gasteiger partial charge in [0.05, 0.1) is 0 Å². The summed E-state index contributed by atoms with van der Waals surface area (Å²) >= 11 is 0. The van der Waals surface area contributed by atoms with Crippen molar-refractivity contribution in [3.05, 3.63) is 48.4 Å². The molecule has 0 spiro atoms. The highest BCUT2D eigenvalue weighted by Crippen LogP contribution is 2.28. The number of hydrogen-bond donors (Lipinski definition) is 0. The quantitative estimate of drug-likeness (QED) is 0.747. The third-order valence-electron chi connectivity index (χ3n) is 6.10. The number of pyridine rings is 1. The average Bonchev–Trinajstić information content (AvgIpc) is 2.75. The third-order valence-corrected chi connectivity index (χ3v) is 6.10. The summed E-state index contributed by atoms with van der Waals surface area (Å²) in [5, 5.41) is 0. The van der Waals surface area contributed by atoms with Crippen molar-refractivity contribution in [3.63, 3.8) is 0 Å². The van der Waals surface area contributed by atoms with E-state index in [-0.39, 0.29) is 5.82 Å². The van der Waals surface area contributed by atoms with E-state index in [0.717, 1.165) is 57.1 Å². The maximum atomic E-state index is 13.7. The minimum absolute atomic E-state index is 0.164. The molecule has 2 aliphatic rings. The summed E-state index contributed by atoms with van der Waals surface area (Å²) in [5.41, 5.74) is 2.27. The standard InChI is InChI=1S/C23H31FN4/c1-2-28(23-17-21(11-12-25-23)26-13-4-3-5-14-26)22-10-7-15-27(18-22)20-9-6-8-19(24)16-20/h6,8-9,11-12,16-17,22H,2-5,7,10,13-15,18H2,1H3. The largest absolute Gasteiger partial charge is 0.371 e. The summed E-state index contributed by atoms with van der Waals surface area (Å²) in [7, 11) is 0. The molecule has 150 valence electrons. The molecule has 1 aromatic heterocycles. The number of benzene rings is 1. The maximum Gasteiger partial charge on any atom is 0.130 e. The van der Waals surface area contributed by atoms with Gasteiger partial charge in [0.25, 0.3) is 0 Å². The minimum Gasteiger partial charge on any atom is -0.371 e. The highest BCUT2D eigenvalue weighted by molar-refractivity contribution is 5.56. The van der Waals surface area contributed by atoms with Crippen LogP contribution >= 0.6 is 0 Å². The fraction of sp³-hybridized carbons (Fsp3) is 0.522. The van der Waals surface area contributed by atoms with E-state index in [1.807, 2.05) is 12.3 Å². The Balaban J connectivity index is 1.51. The van der Waals surface area contributed by atoms with E-state index in [2.05, 4.69) is 33.8 Å². The van der Waals surface area contributed by atoms with Gasteiger partial charge in [0.15, 0.2) is 0 Å². The molecule has 2 aromatic rings. The maximum absolute atomic E-state index is 13.7. The average molecular weight is 383 g/mol. The van der Waals surface area contributed by atoms with Crippen molar-refractivity contribution in [2.24, 2.45) is 0 Å². The van der Waals surface area contributed by atoms with Gasteiger partial charge in [-0.25, -0.2) is 9.37 Å². The molecule has 0 aliphatic carbocycles. The molecule has 4 rings (SSSR count). The van der Waals surface area contributed by atoms with Gasteiger partial charge in [0.2, 0.25) is 0 Å². The van der Waals surface area contributed by atoms with Crippen LogP contribution in [0.1, 0.15) is 39.0 Å². The molecule has 2 saturated heterocycles. The van der Waals surface area contributed by atoms with Gasteiger partial charge >= 0.3 is 0 Å². The van der Waals surface area contributed by atoms with E-state index >= 15 is 0 Å². The van der Waals surface area contributed by atoms with Gasteiger partial charge in [-0.15, -0.1) is 0 Å². The number of hydrogen-bond acceptors (Lipinski definition) is 4. The number of aromatic nitrogens is 1. The monoisotopic (exact) mass is 382 g/mol. The zero-order valence-corrected chi connectivity index (χ0v) is 16.9. The first-order valence-electron chi connectivity index (χ1n) is 10.7. The van der Waals surface area contributed by atoms with E-state index in [1.165, 1.54) is 31.0 Å². The van der Waals surface area contributed by atoms with Crippen molar-refractivity contribution >= 4 is 17.2 Å². The summed E-state index contributed by atoms with van der Waals surface area (Å²) in [6, 6.07) is 11.8. The van der Waals surface area contributed by atoms with E-state index in [1.54, 1.807) is 12.1 Å².